The molecule has 0 saturated carbocycles. The molecule has 0 unspecified atom stereocenters. The summed E-state index contributed by atoms with van der Waals surface area (Å²) in [5, 5.41) is 13.4. The lowest BCUT2D eigenvalue weighted by Gasteiger charge is -2.40. The Bertz CT molecular complexity index is 2240. The molecular formula is C43H48ClN9O4. The fourth-order valence-corrected chi connectivity index (χ4v) is 9.98. The second kappa shape index (κ2) is 15.6. The monoisotopic (exact) mass is 789 g/mol. The molecule has 0 spiro atoms. The molecule has 13 nitrogen and oxygen atoms in total. The van der Waals surface area contributed by atoms with Gasteiger partial charge in [0.2, 0.25) is 17.7 Å². The highest BCUT2D eigenvalue weighted by atomic mass is 35.5. The number of pyridine rings is 1. The number of carbonyl (C=O) groups is 3. The number of anilines is 3. The highest BCUT2D eigenvalue weighted by Crippen LogP contribution is 2.39. The lowest BCUT2D eigenvalue weighted by molar-refractivity contribution is -0.136. The van der Waals surface area contributed by atoms with Gasteiger partial charge in [0.25, 0.3) is 5.91 Å². The minimum atomic E-state index is -0.675. The van der Waals surface area contributed by atoms with Gasteiger partial charge < -0.3 is 29.3 Å². The van der Waals surface area contributed by atoms with E-state index < -0.39 is 11.9 Å². The molecule has 4 aromatic rings. The zero-order valence-electron chi connectivity index (χ0n) is 32.3. The quantitative estimate of drug-likeness (QED) is 0.227. The maximum Gasteiger partial charge on any atom is 0.260 e. The highest BCUT2D eigenvalue weighted by Gasteiger charge is 2.41. The summed E-state index contributed by atoms with van der Waals surface area (Å²) in [7, 11) is 1.52. The molecule has 0 radical (unpaired) electrons. The van der Waals surface area contributed by atoms with Gasteiger partial charge in [-0.05, 0) is 79.5 Å². The van der Waals surface area contributed by atoms with Crippen LogP contribution in [0, 0.1) is 17.2 Å². The summed E-state index contributed by atoms with van der Waals surface area (Å²) in [6.45, 7) is 8.97. The van der Waals surface area contributed by atoms with Crippen molar-refractivity contribution in [1.82, 2.24) is 25.1 Å². The summed E-state index contributed by atoms with van der Waals surface area (Å²) in [5.74, 6) is 1.17. The third-order valence-corrected chi connectivity index (χ3v) is 13.2. The van der Waals surface area contributed by atoms with Crippen LogP contribution in [0.15, 0.2) is 48.7 Å². The van der Waals surface area contributed by atoms with E-state index in [0.29, 0.717) is 41.0 Å². The van der Waals surface area contributed by atoms with Crippen molar-refractivity contribution in [2.24, 2.45) is 5.92 Å². The molecule has 14 heteroatoms. The molecule has 4 saturated heterocycles. The Morgan fingerprint density at radius 3 is 2.46 bits per heavy atom. The lowest BCUT2D eigenvalue weighted by atomic mass is 9.89. The number of nitriles is 1. The van der Waals surface area contributed by atoms with Crippen LogP contribution in [-0.4, -0.2) is 110 Å². The number of H-pyrrole nitrogens is 1. The van der Waals surface area contributed by atoms with Gasteiger partial charge in [-0.15, -0.1) is 0 Å². The number of piperazine rings is 1. The van der Waals surface area contributed by atoms with Gasteiger partial charge >= 0.3 is 0 Å². The second-order valence-electron chi connectivity index (χ2n) is 16.1. The largest absolute Gasteiger partial charge is 0.480 e. The molecule has 9 rings (SSSR count). The molecule has 2 N–H and O–H groups in total. The number of amides is 3. The van der Waals surface area contributed by atoms with Crippen molar-refractivity contribution in [3.05, 3.63) is 75.9 Å². The van der Waals surface area contributed by atoms with Crippen LogP contribution in [0.2, 0.25) is 5.02 Å². The van der Waals surface area contributed by atoms with Gasteiger partial charge in [0, 0.05) is 95.1 Å². The van der Waals surface area contributed by atoms with Gasteiger partial charge in [0.1, 0.15) is 23.5 Å². The van der Waals surface area contributed by atoms with E-state index in [2.05, 4.69) is 66.3 Å². The van der Waals surface area contributed by atoms with E-state index in [0.717, 1.165) is 99.7 Å². The van der Waals surface area contributed by atoms with Crippen LogP contribution in [-0.2, 0) is 16.1 Å². The number of halogens is 1. The molecule has 4 fully saturated rings. The number of fused-ring (bicyclic) bond motifs is 2. The van der Waals surface area contributed by atoms with Crippen molar-refractivity contribution in [3.8, 4) is 11.9 Å². The van der Waals surface area contributed by atoms with Gasteiger partial charge in [-0.2, -0.15) is 10.2 Å². The SMILES string of the molecule is COc1nc(N2CCN(CC3CCN(c4ccc([C@@H]5CCCN(c6ccc(Cl)c7c(C#N)c[nH]c67)C5)cc4)CC3)CC2)cc2c1C(=O)N([C@H]1CCC(=O)NC1=O)C2. The van der Waals surface area contributed by atoms with E-state index in [1.807, 2.05) is 12.1 Å². The number of imide groups is 1. The molecule has 7 heterocycles. The molecule has 0 aliphatic carbocycles. The van der Waals surface area contributed by atoms with Crippen molar-refractivity contribution < 1.29 is 19.1 Å². The Balaban J connectivity index is 0.760. The maximum atomic E-state index is 13.4. The number of piperidine rings is 3. The number of nitrogens with one attached hydrogen (secondary N) is 2. The predicted octanol–water partition coefficient (Wildman–Crippen LogP) is 5.28. The topological polar surface area (TPSA) is 141 Å². The van der Waals surface area contributed by atoms with E-state index in [-0.39, 0.29) is 24.1 Å². The van der Waals surface area contributed by atoms with Crippen LogP contribution in [0.25, 0.3) is 10.9 Å². The third-order valence-electron chi connectivity index (χ3n) is 12.9. The summed E-state index contributed by atoms with van der Waals surface area (Å²) >= 11 is 6.50. The number of aromatic nitrogens is 2. The van der Waals surface area contributed by atoms with Gasteiger partial charge in [-0.1, -0.05) is 23.7 Å². The van der Waals surface area contributed by atoms with Crippen LogP contribution in [0.3, 0.4) is 0 Å². The fourth-order valence-electron chi connectivity index (χ4n) is 9.72. The Labute approximate surface area is 337 Å². The Morgan fingerprint density at radius 1 is 0.930 bits per heavy atom. The number of benzene rings is 2. The first-order valence-electron chi connectivity index (χ1n) is 20.3. The van der Waals surface area contributed by atoms with E-state index in [1.54, 1.807) is 11.1 Å². The van der Waals surface area contributed by atoms with Crippen LogP contribution in [0.1, 0.15) is 71.5 Å². The number of hydrogen-bond donors (Lipinski definition) is 2. The number of carbonyl (C=O) groups excluding carboxylic acids is 3. The molecule has 5 aliphatic rings. The maximum absolute atomic E-state index is 13.4. The van der Waals surface area contributed by atoms with Crippen LogP contribution < -0.4 is 24.8 Å². The summed E-state index contributed by atoms with van der Waals surface area (Å²) < 4.78 is 5.60. The first kappa shape index (κ1) is 37.3. The molecule has 57 heavy (non-hydrogen) atoms. The Hall–Kier alpha value is -5.32. The molecule has 5 aliphatic heterocycles. The normalized spacial score (nSPS) is 22.2. The van der Waals surface area contributed by atoms with Crippen molar-refractivity contribution in [2.45, 2.75) is 57.0 Å². The average molecular weight is 790 g/mol. The minimum Gasteiger partial charge on any atom is -0.480 e. The minimum absolute atomic E-state index is 0.216. The first-order valence-corrected chi connectivity index (χ1v) is 20.6. The van der Waals surface area contributed by atoms with Crippen LogP contribution >= 0.6 is 11.6 Å². The molecule has 2 aromatic heterocycles. The molecule has 296 valence electrons. The zero-order valence-corrected chi connectivity index (χ0v) is 33.1. The third kappa shape index (κ3) is 7.14. The average Bonchev–Trinajstić information content (AvgIpc) is 3.83. The van der Waals surface area contributed by atoms with E-state index >= 15 is 0 Å². The van der Waals surface area contributed by atoms with Gasteiger partial charge in [-0.25, -0.2) is 0 Å². The molecule has 2 aromatic carbocycles. The fraction of sp³-hybridized carbons (Fsp3) is 0.465. The number of aromatic amines is 1. The first-order chi connectivity index (χ1) is 27.8. The number of methoxy groups -OCH3 is 1. The molecule has 0 bridgehead atoms. The van der Waals surface area contributed by atoms with E-state index in [4.69, 9.17) is 21.3 Å². The Kier molecular flexibility index (Phi) is 10.2. The standard InChI is InChI=1S/C43H48ClN9O4/c1-57-42-39-30(26-53(43(39)56)35-10-11-37(54)48-41(35)55)21-36(47-42)51-19-17-49(18-20-51)24-27-12-15-50(16-13-27)32-6-4-28(5-7-32)29-3-2-14-52(25-29)34-9-8-33(44)38-31(22-45)23-46-40(34)38/h4-9,21,23,27,29,35,46H,2-3,10-20,24-26H2,1H3,(H,48,54,55)/t29-,35+/m1/s1. The second-order valence-corrected chi connectivity index (χ2v) is 16.6. The zero-order chi connectivity index (χ0) is 39.2. The van der Waals surface area contributed by atoms with E-state index in [9.17, 15) is 19.6 Å². The molecule has 3 amide bonds. The summed E-state index contributed by atoms with van der Waals surface area (Å²) in [5.41, 5.74) is 6.53. The molecule has 2 atom stereocenters. The summed E-state index contributed by atoms with van der Waals surface area (Å²) in [6.07, 6.45) is 6.90. The lowest BCUT2D eigenvalue weighted by Crippen LogP contribution is -2.52. The van der Waals surface area contributed by atoms with Crippen LogP contribution in [0.4, 0.5) is 17.2 Å². The van der Waals surface area contributed by atoms with E-state index in [1.165, 1.54) is 31.2 Å². The number of nitrogens with zero attached hydrogens (tertiary/aromatic N) is 7. The van der Waals surface area contributed by atoms with Crippen molar-refractivity contribution in [2.75, 3.05) is 80.7 Å². The van der Waals surface area contributed by atoms with Gasteiger partial charge in [0.15, 0.2) is 0 Å². The smallest absolute Gasteiger partial charge is 0.260 e. The van der Waals surface area contributed by atoms with Gasteiger partial charge in [0.05, 0.1) is 28.9 Å². The van der Waals surface area contributed by atoms with Crippen molar-refractivity contribution in [1.29, 1.82) is 5.26 Å². The van der Waals surface area contributed by atoms with Crippen molar-refractivity contribution >= 4 is 57.4 Å². The van der Waals surface area contributed by atoms with Gasteiger partial charge in [-0.3, -0.25) is 24.6 Å². The Morgan fingerprint density at radius 2 is 1.72 bits per heavy atom. The number of ether oxygens (including phenoxy) is 1. The van der Waals surface area contributed by atoms with Crippen LogP contribution in [0.5, 0.6) is 5.88 Å². The van der Waals surface area contributed by atoms with Crippen molar-refractivity contribution in [3.63, 3.8) is 0 Å². The highest BCUT2D eigenvalue weighted by molar-refractivity contribution is 6.36. The number of rotatable bonds is 8. The molecular weight excluding hydrogens is 742 g/mol. The summed E-state index contributed by atoms with van der Waals surface area (Å²) in [6, 6.07) is 16.8. The number of hydrogen-bond acceptors (Lipinski definition) is 10. The predicted molar refractivity (Wildman–Crippen MR) is 219 cm³/mol. The summed E-state index contributed by atoms with van der Waals surface area (Å²) in [4.78, 5) is 57.1.